The number of hydrogen-bond acceptors (Lipinski definition) is 4. The molecule has 1 aliphatic rings. The van der Waals surface area contributed by atoms with Crippen LogP contribution >= 0.6 is 0 Å². The molecule has 1 aromatic heterocycles. The van der Waals surface area contributed by atoms with Crippen LogP contribution in [0.3, 0.4) is 0 Å². The predicted molar refractivity (Wildman–Crippen MR) is 77.7 cm³/mol. The van der Waals surface area contributed by atoms with E-state index in [2.05, 4.69) is 10.3 Å². The fourth-order valence-corrected chi connectivity index (χ4v) is 2.58. The zero-order valence-corrected chi connectivity index (χ0v) is 11.7. The highest BCUT2D eigenvalue weighted by Crippen LogP contribution is 2.12. The number of imidazole rings is 1. The molecule has 1 fully saturated rings. The number of para-hydroxylation sites is 2. The van der Waals surface area contributed by atoms with E-state index in [1.807, 2.05) is 28.8 Å². The Balaban J connectivity index is 1.56. The van der Waals surface area contributed by atoms with E-state index >= 15 is 0 Å². The van der Waals surface area contributed by atoms with Crippen LogP contribution in [0.25, 0.3) is 11.0 Å². The summed E-state index contributed by atoms with van der Waals surface area (Å²) in [7, 11) is 0. The minimum atomic E-state index is -0.614. The Bertz CT molecular complexity index is 625. The number of rotatable bonds is 4. The van der Waals surface area contributed by atoms with E-state index < -0.39 is 6.10 Å². The van der Waals surface area contributed by atoms with E-state index in [1.54, 1.807) is 6.33 Å². The van der Waals surface area contributed by atoms with Gasteiger partial charge in [0.1, 0.15) is 0 Å². The first kappa shape index (κ1) is 14.0. The summed E-state index contributed by atoms with van der Waals surface area (Å²) in [6, 6.07) is 7.63. The number of amides is 1. The molecule has 1 aromatic carbocycles. The van der Waals surface area contributed by atoms with Crippen molar-refractivity contribution in [2.75, 3.05) is 13.2 Å². The molecule has 3 rings (SSSR count). The largest absolute Gasteiger partial charge is 0.389 e. The van der Waals surface area contributed by atoms with Crippen molar-refractivity contribution in [2.45, 2.75) is 31.5 Å². The Morgan fingerprint density at radius 3 is 3.19 bits per heavy atom. The van der Waals surface area contributed by atoms with Gasteiger partial charge in [-0.1, -0.05) is 12.1 Å². The van der Waals surface area contributed by atoms with Gasteiger partial charge in [-0.3, -0.25) is 4.79 Å². The second kappa shape index (κ2) is 6.24. The van der Waals surface area contributed by atoms with E-state index in [-0.39, 0.29) is 18.6 Å². The van der Waals surface area contributed by atoms with Gasteiger partial charge in [-0.2, -0.15) is 0 Å². The molecule has 0 unspecified atom stereocenters. The monoisotopic (exact) mass is 289 g/mol. The Hall–Kier alpha value is -1.92. The second-order valence-corrected chi connectivity index (χ2v) is 5.28. The predicted octanol–water partition coefficient (Wildman–Crippen LogP) is 0.692. The normalized spacial score (nSPS) is 22.3. The maximum Gasteiger partial charge on any atom is 0.222 e. The molecule has 2 N–H and O–H groups in total. The van der Waals surface area contributed by atoms with Gasteiger partial charge in [0.25, 0.3) is 0 Å². The fourth-order valence-electron chi connectivity index (χ4n) is 2.58. The van der Waals surface area contributed by atoms with Crippen molar-refractivity contribution >= 4 is 16.9 Å². The number of fused-ring (bicyclic) bond motifs is 1. The second-order valence-electron chi connectivity index (χ2n) is 5.28. The van der Waals surface area contributed by atoms with Gasteiger partial charge in [-0.15, -0.1) is 0 Å². The lowest BCUT2D eigenvalue weighted by molar-refractivity contribution is -0.124. The molecule has 1 amide bonds. The summed E-state index contributed by atoms with van der Waals surface area (Å²) in [4.78, 5) is 16.3. The van der Waals surface area contributed by atoms with Crippen molar-refractivity contribution in [3.05, 3.63) is 30.6 Å². The summed E-state index contributed by atoms with van der Waals surface area (Å²) >= 11 is 0. The van der Waals surface area contributed by atoms with Gasteiger partial charge >= 0.3 is 0 Å². The maximum atomic E-state index is 12.0. The molecule has 6 heteroatoms. The third-order valence-electron chi connectivity index (χ3n) is 3.78. The number of aliphatic hydroxyl groups is 1. The molecule has 0 radical (unpaired) electrons. The molecule has 0 aliphatic carbocycles. The van der Waals surface area contributed by atoms with E-state index in [1.165, 1.54) is 0 Å². The van der Waals surface area contributed by atoms with E-state index in [4.69, 9.17) is 4.74 Å². The van der Waals surface area contributed by atoms with Crippen molar-refractivity contribution in [3.63, 3.8) is 0 Å². The highest BCUT2D eigenvalue weighted by atomic mass is 16.5. The van der Waals surface area contributed by atoms with Gasteiger partial charge < -0.3 is 19.7 Å². The lowest BCUT2D eigenvalue weighted by Gasteiger charge is -2.28. The molecule has 21 heavy (non-hydrogen) atoms. The van der Waals surface area contributed by atoms with Crippen LogP contribution in [0.5, 0.6) is 0 Å². The van der Waals surface area contributed by atoms with Crippen LogP contribution in [0, 0.1) is 0 Å². The topological polar surface area (TPSA) is 76.4 Å². The lowest BCUT2D eigenvalue weighted by Crippen LogP contribution is -2.48. The van der Waals surface area contributed by atoms with Gasteiger partial charge in [0, 0.05) is 19.6 Å². The number of hydrogen-bond donors (Lipinski definition) is 2. The van der Waals surface area contributed by atoms with Crippen LogP contribution < -0.4 is 5.32 Å². The van der Waals surface area contributed by atoms with Crippen LogP contribution in [0.1, 0.15) is 12.8 Å². The smallest absolute Gasteiger partial charge is 0.222 e. The number of nitrogens with zero attached hydrogens (tertiary/aromatic N) is 2. The third-order valence-corrected chi connectivity index (χ3v) is 3.78. The molecule has 112 valence electrons. The first-order valence-corrected chi connectivity index (χ1v) is 7.19. The maximum absolute atomic E-state index is 12.0. The SMILES string of the molecule is O=C(CCn1cnc2ccccc21)N[C@@H]1CCOC[C@H]1O. The number of aryl methyl sites for hydroxylation is 1. The van der Waals surface area contributed by atoms with Crippen LogP contribution in [0.15, 0.2) is 30.6 Å². The van der Waals surface area contributed by atoms with Gasteiger partial charge in [-0.25, -0.2) is 4.98 Å². The highest BCUT2D eigenvalue weighted by molar-refractivity contribution is 5.77. The summed E-state index contributed by atoms with van der Waals surface area (Å²) in [5.74, 6) is -0.0567. The zero-order chi connectivity index (χ0) is 14.7. The third kappa shape index (κ3) is 3.22. The molecule has 6 nitrogen and oxygen atoms in total. The highest BCUT2D eigenvalue weighted by Gasteiger charge is 2.24. The average Bonchev–Trinajstić information content (AvgIpc) is 2.91. The summed E-state index contributed by atoms with van der Waals surface area (Å²) in [5, 5.41) is 12.6. The molecule has 0 saturated carbocycles. The van der Waals surface area contributed by atoms with Gasteiger partial charge in [0.2, 0.25) is 5.91 Å². The van der Waals surface area contributed by atoms with Crippen molar-refractivity contribution in [3.8, 4) is 0 Å². The summed E-state index contributed by atoms with van der Waals surface area (Å²) in [5.41, 5.74) is 1.95. The molecule has 0 bridgehead atoms. The van der Waals surface area contributed by atoms with Crippen LogP contribution in [-0.2, 0) is 16.1 Å². The van der Waals surface area contributed by atoms with Crippen molar-refractivity contribution in [1.29, 1.82) is 0 Å². The number of carbonyl (C=O) groups excluding carboxylic acids is 1. The molecule has 0 spiro atoms. The number of carbonyl (C=O) groups is 1. The molecule has 2 atom stereocenters. The number of aliphatic hydroxyl groups excluding tert-OH is 1. The molecular weight excluding hydrogens is 270 g/mol. The number of ether oxygens (including phenoxy) is 1. The van der Waals surface area contributed by atoms with E-state index in [0.29, 0.717) is 26.0 Å². The number of benzene rings is 1. The Labute approximate surface area is 122 Å². The van der Waals surface area contributed by atoms with Crippen molar-refractivity contribution in [2.24, 2.45) is 0 Å². The van der Waals surface area contributed by atoms with Crippen molar-refractivity contribution in [1.82, 2.24) is 14.9 Å². The minimum Gasteiger partial charge on any atom is -0.389 e. The van der Waals surface area contributed by atoms with Crippen LogP contribution in [0.2, 0.25) is 0 Å². The summed E-state index contributed by atoms with van der Waals surface area (Å²) in [6.07, 6.45) is 2.16. The molecule has 1 saturated heterocycles. The average molecular weight is 289 g/mol. The fraction of sp³-hybridized carbons (Fsp3) is 0.467. The lowest BCUT2D eigenvalue weighted by atomic mass is 10.1. The number of nitrogens with one attached hydrogen (secondary N) is 1. The first-order chi connectivity index (χ1) is 10.2. The van der Waals surface area contributed by atoms with Gasteiger partial charge in [-0.05, 0) is 18.6 Å². The Kier molecular flexibility index (Phi) is 4.17. The summed E-state index contributed by atoms with van der Waals surface area (Å²) < 4.78 is 7.11. The summed E-state index contributed by atoms with van der Waals surface area (Å²) in [6.45, 7) is 1.44. The Morgan fingerprint density at radius 2 is 2.33 bits per heavy atom. The first-order valence-electron chi connectivity index (χ1n) is 7.19. The molecule has 2 aromatic rings. The van der Waals surface area contributed by atoms with Gasteiger partial charge in [0.05, 0.1) is 36.1 Å². The van der Waals surface area contributed by atoms with Crippen molar-refractivity contribution < 1.29 is 14.6 Å². The van der Waals surface area contributed by atoms with E-state index in [0.717, 1.165) is 11.0 Å². The molecular formula is C15H19N3O3. The standard InChI is InChI=1S/C15H19N3O3/c19-14-9-21-8-6-12(14)17-15(20)5-7-18-10-16-11-3-1-2-4-13(11)18/h1-4,10,12,14,19H,5-9H2,(H,17,20)/t12-,14-/m1/s1. The van der Waals surface area contributed by atoms with Crippen LogP contribution in [-0.4, -0.2) is 45.9 Å². The van der Waals surface area contributed by atoms with E-state index in [9.17, 15) is 9.90 Å². The zero-order valence-electron chi connectivity index (χ0n) is 11.7. The van der Waals surface area contributed by atoms with Crippen LogP contribution in [0.4, 0.5) is 0 Å². The van der Waals surface area contributed by atoms with Gasteiger partial charge in [0.15, 0.2) is 0 Å². The molecule has 2 heterocycles. The number of aromatic nitrogens is 2. The quantitative estimate of drug-likeness (QED) is 0.868. The minimum absolute atomic E-state index is 0.0567. The molecule has 1 aliphatic heterocycles. The Morgan fingerprint density at radius 1 is 1.48 bits per heavy atom.